The number of hydrogen-bond donors (Lipinski definition) is 1. The molecule has 0 aliphatic carbocycles. The predicted octanol–water partition coefficient (Wildman–Crippen LogP) is 2.66. The van der Waals surface area contributed by atoms with E-state index in [9.17, 15) is 26.4 Å². The van der Waals surface area contributed by atoms with Gasteiger partial charge in [0.25, 0.3) is 0 Å². The molecule has 0 radical (unpaired) electrons. The highest BCUT2D eigenvalue weighted by atomic mass is 32.2. The van der Waals surface area contributed by atoms with Crippen LogP contribution in [0.25, 0.3) is 0 Å². The van der Waals surface area contributed by atoms with Crippen molar-refractivity contribution in [1.29, 1.82) is 0 Å². The second-order valence-corrected chi connectivity index (χ2v) is 11.5. The van der Waals surface area contributed by atoms with E-state index >= 15 is 0 Å². The number of ketones is 1. The summed E-state index contributed by atoms with van der Waals surface area (Å²) in [5.41, 5.74) is 0.676. The number of ether oxygens (including phenoxy) is 1. The topological polar surface area (TPSA) is 127 Å². The number of Topliss-reactive ketones (excluding diaryl/α,β-unsaturated/α-hetero) is 1. The van der Waals surface area contributed by atoms with Crippen molar-refractivity contribution >= 4 is 37.5 Å². The zero-order valence-electron chi connectivity index (χ0n) is 18.4. The van der Waals surface area contributed by atoms with Crippen LogP contribution in [0.4, 0.5) is 5.69 Å². The van der Waals surface area contributed by atoms with Crippen LogP contribution in [-0.4, -0.2) is 58.3 Å². The van der Waals surface area contributed by atoms with Crippen molar-refractivity contribution < 1.29 is 31.2 Å². The summed E-state index contributed by atoms with van der Waals surface area (Å²) in [5.74, 6) is -1.22. The Morgan fingerprint density at radius 1 is 0.879 bits per heavy atom. The summed E-state index contributed by atoms with van der Waals surface area (Å²) in [6.07, 6.45) is 2.58. The maximum atomic E-state index is 12.7. The van der Waals surface area contributed by atoms with Crippen LogP contribution in [-0.2, 0) is 24.8 Å². The Bertz CT molecular complexity index is 1220. The highest BCUT2D eigenvalue weighted by molar-refractivity contribution is 7.92. The quantitative estimate of drug-likeness (QED) is 0.441. The molecule has 1 saturated heterocycles. The van der Waals surface area contributed by atoms with Crippen LogP contribution in [0.1, 0.15) is 46.9 Å². The van der Waals surface area contributed by atoms with Gasteiger partial charge in [0.2, 0.25) is 25.8 Å². The Hall–Kier alpha value is -2.76. The molecule has 0 saturated carbocycles. The fourth-order valence-corrected chi connectivity index (χ4v) is 5.53. The minimum atomic E-state index is -3.61. The molecule has 1 fully saturated rings. The number of benzene rings is 2. The molecule has 1 atom stereocenters. The summed E-state index contributed by atoms with van der Waals surface area (Å²) < 4.78 is 57.0. The largest absolute Gasteiger partial charge is 0.451 e. The van der Waals surface area contributed by atoms with E-state index in [4.69, 9.17) is 4.74 Å². The highest BCUT2D eigenvalue weighted by Gasteiger charge is 2.26. The number of sulfonamides is 2. The van der Waals surface area contributed by atoms with Gasteiger partial charge in [-0.3, -0.25) is 9.52 Å². The monoisotopic (exact) mass is 494 g/mol. The molecule has 0 spiro atoms. The molecule has 11 heteroatoms. The van der Waals surface area contributed by atoms with Crippen molar-refractivity contribution in [2.75, 3.05) is 24.1 Å². The molecule has 3 rings (SSSR count). The fourth-order valence-electron chi connectivity index (χ4n) is 3.45. The van der Waals surface area contributed by atoms with E-state index in [0.29, 0.717) is 18.8 Å². The fraction of sp³-hybridized carbons (Fsp3) is 0.364. The molecule has 178 valence electrons. The number of carbonyl (C=O) groups is 2. The van der Waals surface area contributed by atoms with Crippen molar-refractivity contribution in [3.05, 3.63) is 59.7 Å². The van der Waals surface area contributed by atoms with E-state index < -0.39 is 37.9 Å². The third kappa shape index (κ3) is 6.40. The van der Waals surface area contributed by atoms with Gasteiger partial charge in [0.05, 0.1) is 16.7 Å². The van der Waals surface area contributed by atoms with Crippen LogP contribution >= 0.6 is 0 Å². The van der Waals surface area contributed by atoms with Gasteiger partial charge in [0.15, 0.2) is 6.10 Å². The molecule has 1 unspecified atom stereocenters. The van der Waals surface area contributed by atoms with E-state index in [1.54, 1.807) is 0 Å². The number of anilines is 1. The van der Waals surface area contributed by atoms with Gasteiger partial charge in [-0.15, -0.1) is 0 Å². The zero-order valence-corrected chi connectivity index (χ0v) is 20.0. The first kappa shape index (κ1) is 24.9. The summed E-state index contributed by atoms with van der Waals surface area (Å²) in [7, 11) is -7.04. The first-order valence-corrected chi connectivity index (χ1v) is 13.7. The van der Waals surface area contributed by atoms with E-state index in [1.807, 2.05) is 0 Å². The zero-order chi connectivity index (χ0) is 24.2. The van der Waals surface area contributed by atoms with Gasteiger partial charge < -0.3 is 4.74 Å². The van der Waals surface area contributed by atoms with Gasteiger partial charge in [0, 0.05) is 24.3 Å². The molecule has 1 heterocycles. The third-order valence-electron chi connectivity index (χ3n) is 5.17. The molecule has 0 bridgehead atoms. The minimum absolute atomic E-state index is 0.105. The van der Waals surface area contributed by atoms with E-state index in [-0.39, 0.29) is 16.0 Å². The smallest absolute Gasteiger partial charge is 0.338 e. The average molecular weight is 495 g/mol. The van der Waals surface area contributed by atoms with Crippen LogP contribution in [0.2, 0.25) is 0 Å². The Labute approximate surface area is 193 Å². The van der Waals surface area contributed by atoms with Crippen molar-refractivity contribution in [1.82, 2.24) is 4.31 Å². The van der Waals surface area contributed by atoms with Crippen LogP contribution in [0, 0.1) is 0 Å². The SMILES string of the molecule is CC(OC(=O)c1ccc(S(=O)(=O)N2CCCCC2)cc1)C(=O)c1ccc(NS(C)(=O)=O)cc1. The van der Waals surface area contributed by atoms with Crippen LogP contribution in [0.5, 0.6) is 0 Å². The molecule has 0 amide bonds. The summed E-state index contributed by atoms with van der Waals surface area (Å²) in [6, 6.07) is 11.2. The van der Waals surface area contributed by atoms with Crippen LogP contribution < -0.4 is 4.72 Å². The minimum Gasteiger partial charge on any atom is -0.451 e. The Balaban J connectivity index is 1.64. The van der Waals surface area contributed by atoms with E-state index in [0.717, 1.165) is 25.5 Å². The summed E-state index contributed by atoms with van der Waals surface area (Å²) in [4.78, 5) is 25.1. The van der Waals surface area contributed by atoms with Gasteiger partial charge >= 0.3 is 5.97 Å². The molecule has 33 heavy (non-hydrogen) atoms. The normalized spacial score (nSPS) is 16.1. The average Bonchev–Trinajstić information content (AvgIpc) is 2.78. The molecule has 9 nitrogen and oxygen atoms in total. The Kier molecular flexibility index (Phi) is 7.55. The summed E-state index contributed by atoms with van der Waals surface area (Å²) in [6.45, 7) is 2.40. The van der Waals surface area contributed by atoms with Crippen LogP contribution in [0.15, 0.2) is 53.4 Å². The van der Waals surface area contributed by atoms with Crippen molar-refractivity contribution in [3.63, 3.8) is 0 Å². The second-order valence-electron chi connectivity index (χ2n) is 7.85. The van der Waals surface area contributed by atoms with Crippen molar-refractivity contribution in [2.45, 2.75) is 37.2 Å². The number of piperidine rings is 1. The first-order valence-electron chi connectivity index (χ1n) is 10.4. The molecule has 2 aromatic carbocycles. The standard InChI is InChI=1S/C22H26N2O7S2/c1-16(21(25)17-6-10-19(11-7-17)23-32(2,27)28)31-22(26)18-8-12-20(13-9-18)33(29,30)24-14-4-3-5-15-24/h6-13,16,23H,3-5,14-15H2,1-2H3. The predicted molar refractivity (Wildman–Crippen MR) is 123 cm³/mol. The lowest BCUT2D eigenvalue weighted by atomic mass is 10.1. The highest BCUT2D eigenvalue weighted by Crippen LogP contribution is 2.21. The van der Waals surface area contributed by atoms with Crippen molar-refractivity contribution in [3.8, 4) is 0 Å². The van der Waals surface area contributed by atoms with Gasteiger partial charge in [-0.1, -0.05) is 6.42 Å². The first-order chi connectivity index (χ1) is 15.5. The Morgan fingerprint density at radius 2 is 1.42 bits per heavy atom. The van der Waals surface area contributed by atoms with E-state index in [1.165, 1.54) is 59.8 Å². The van der Waals surface area contributed by atoms with Gasteiger partial charge in [-0.2, -0.15) is 4.31 Å². The molecule has 1 aliphatic heterocycles. The van der Waals surface area contributed by atoms with Crippen molar-refractivity contribution in [2.24, 2.45) is 0 Å². The van der Waals surface area contributed by atoms with Crippen LogP contribution in [0.3, 0.4) is 0 Å². The second kappa shape index (κ2) is 10.0. The summed E-state index contributed by atoms with van der Waals surface area (Å²) in [5, 5.41) is 0. The molecular formula is C22H26N2O7S2. The molecule has 1 aliphatic rings. The number of carbonyl (C=O) groups excluding carboxylic acids is 2. The van der Waals surface area contributed by atoms with Gasteiger partial charge in [-0.05, 0) is 68.3 Å². The lowest BCUT2D eigenvalue weighted by Gasteiger charge is -2.25. The Morgan fingerprint density at radius 3 is 1.97 bits per heavy atom. The molecule has 1 N–H and O–H groups in total. The molecule has 2 aromatic rings. The van der Waals surface area contributed by atoms with E-state index in [2.05, 4.69) is 4.72 Å². The number of hydrogen-bond acceptors (Lipinski definition) is 7. The lowest BCUT2D eigenvalue weighted by molar-refractivity contribution is 0.0318. The maximum absolute atomic E-state index is 12.7. The number of esters is 1. The molecular weight excluding hydrogens is 468 g/mol. The van der Waals surface area contributed by atoms with Gasteiger partial charge in [0.1, 0.15) is 0 Å². The number of rotatable bonds is 8. The lowest BCUT2D eigenvalue weighted by Crippen LogP contribution is -2.35. The summed E-state index contributed by atoms with van der Waals surface area (Å²) >= 11 is 0. The number of nitrogens with zero attached hydrogens (tertiary/aromatic N) is 1. The number of nitrogens with one attached hydrogen (secondary N) is 1. The third-order valence-corrected chi connectivity index (χ3v) is 7.69. The molecule has 0 aromatic heterocycles. The van der Waals surface area contributed by atoms with Gasteiger partial charge in [-0.25, -0.2) is 21.6 Å². The maximum Gasteiger partial charge on any atom is 0.338 e.